The highest BCUT2D eigenvalue weighted by Gasteiger charge is 2.67. The van der Waals surface area contributed by atoms with Crippen LogP contribution in [0.1, 0.15) is 72.1 Å². The molecule has 0 bridgehead atoms. The molecule has 0 amide bonds. The van der Waals surface area contributed by atoms with Gasteiger partial charge in [0.2, 0.25) is 0 Å². The van der Waals surface area contributed by atoms with E-state index in [0.29, 0.717) is 50.5 Å². The number of cyclic esters (lactones) is 1. The lowest BCUT2D eigenvalue weighted by molar-refractivity contribution is -0.319. The first-order valence-corrected chi connectivity index (χ1v) is 14.5. The maximum atomic E-state index is 12.1. The van der Waals surface area contributed by atoms with Gasteiger partial charge in [-0.05, 0) is 86.5 Å². The fourth-order valence-corrected chi connectivity index (χ4v) is 9.96. The van der Waals surface area contributed by atoms with Crippen LogP contribution in [0.4, 0.5) is 0 Å². The van der Waals surface area contributed by atoms with Crippen LogP contribution in [-0.4, -0.2) is 86.6 Å². The standard InChI is InChI=1S/C29H44O9/c1-14-23(32)24(33)25(34)26(37-14)38-16-6-8-28(3)22-17(7-9-29(28,35)11-16)19-5-4-18(15-10-21(31)36-13-15)27(19,2)12-20(22)30/h10,14,16-20,22-26,30,32-35H,4-9,11-13H2,1-3H3/t14-,16-,17-,18+,19+,20+,22+,23-,24+,25+,26-,27+,28+,29-/m0/s1. The Hall–Kier alpha value is -1.07. The zero-order chi connectivity index (χ0) is 27.2. The third-order valence-electron chi connectivity index (χ3n) is 12.0. The highest BCUT2D eigenvalue weighted by molar-refractivity contribution is 5.85. The molecule has 2 heterocycles. The van der Waals surface area contributed by atoms with E-state index in [-0.39, 0.29) is 29.3 Å². The lowest BCUT2D eigenvalue weighted by Gasteiger charge is -2.65. The van der Waals surface area contributed by atoms with E-state index in [4.69, 9.17) is 14.2 Å². The van der Waals surface area contributed by atoms with Crippen LogP contribution in [0.5, 0.6) is 0 Å². The zero-order valence-electron chi connectivity index (χ0n) is 22.7. The molecule has 6 aliphatic rings. The molecule has 214 valence electrons. The van der Waals surface area contributed by atoms with Crippen LogP contribution in [0, 0.1) is 34.5 Å². The van der Waals surface area contributed by atoms with E-state index < -0.39 is 47.8 Å². The van der Waals surface area contributed by atoms with Gasteiger partial charge >= 0.3 is 5.97 Å². The molecule has 0 spiro atoms. The monoisotopic (exact) mass is 536 g/mol. The minimum absolute atomic E-state index is 0.0250. The Morgan fingerprint density at radius 2 is 1.74 bits per heavy atom. The molecule has 4 aliphatic carbocycles. The van der Waals surface area contributed by atoms with E-state index in [1.165, 1.54) is 0 Å². The van der Waals surface area contributed by atoms with Gasteiger partial charge in [0.25, 0.3) is 0 Å². The molecule has 9 heteroatoms. The Kier molecular flexibility index (Phi) is 6.58. The van der Waals surface area contributed by atoms with Crippen LogP contribution in [-0.2, 0) is 19.0 Å². The van der Waals surface area contributed by atoms with E-state index >= 15 is 0 Å². The average Bonchev–Trinajstić information content (AvgIpc) is 3.43. The van der Waals surface area contributed by atoms with E-state index in [2.05, 4.69) is 13.8 Å². The minimum Gasteiger partial charge on any atom is -0.458 e. The van der Waals surface area contributed by atoms with Gasteiger partial charge in [0.1, 0.15) is 24.9 Å². The number of hydrogen-bond acceptors (Lipinski definition) is 9. The summed E-state index contributed by atoms with van der Waals surface area (Å²) in [6.45, 7) is 6.42. The van der Waals surface area contributed by atoms with Crippen molar-refractivity contribution in [2.24, 2.45) is 34.5 Å². The minimum atomic E-state index is -1.37. The summed E-state index contributed by atoms with van der Waals surface area (Å²) in [5.41, 5.74) is -0.527. The molecule has 38 heavy (non-hydrogen) atoms. The summed E-state index contributed by atoms with van der Waals surface area (Å²) in [5.74, 6) is 0.680. The highest BCUT2D eigenvalue weighted by Crippen LogP contribution is 2.69. The lowest BCUT2D eigenvalue weighted by atomic mass is 9.42. The molecule has 9 nitrogen and oxygen atoms in total. The van der Waals surface area contributed by atoms with Crippen LogP contribution in [0.2, 0.25) is 0 Å². The van der Waals surface area contributed by atoms with Gasteiger partial charge in [-0.25, -0.2) is 4.79 Å². The predicted molar refractivity (Wildman–Crippen MR) is 134 cm³/mol. The Morgan fingerprint density at radius 3 is 2.45 bits per heavy atom. The smallest absolute Gasteiger partial charge is 0.331 e. The number of ether oxygens (including phenoxy) is 3. The van der Waals surface area contributed by atoms with Crippen LogP contribution in [0.3, 0.4) is 0 Å². The number of carbonyl (C=O) groups is 1. The first-order valence-electron chi connectivity index (χ1n) is 14.5. The van der Waals surface area contributed by atoms with Crippen molar-refractivity contribution in [2.45, 2.75) is 121 Å². The zero-order valence-corrected chi connectivity index (χ0v) is 22.7. The van der Waals surface area contributed by atoms with Gasteiger partial charge in [0.15, 0.2) is 6.29 Å². The van der Waals surface area contributed by atoms with Crippen molar-refractivity contribution in [2.75, 3.05) is 6.61 Å². The van der Waals surface area contributed by atoms with Gasteiger partial charge in [0.05, 0.1) is 23.9 Å². The SMILES string of the molecule is C[C@@H]1O[C@@H](O[C@H]2CC[C@]3(C)[C@@H]4[C@@H](CC[C@]3(O)C2)[C@H]2CC[C@H](C3=CC(=O)OC3)[C@@]2(C)C[C@H]4O)[C@H](O)[C@H](O)[C@H]1O. The van der Waals surface area contributed by atoms with Gasteiger partial charge in [-0.1, -0.05) is 13.8 Å². The van der Waals surface area contributed by atoms with Gasteiger partial charge < -0.3 is 39.7 Å². The number of hydrogen-bond donors (Lipinski definition) is 5. The quantitative estimate of drug-likeness (QED) is 0.267. The molecular weight excluding hydrogens is 492 g/mol. The van der Waals surface area contributed by atoms with Crippen molar-refractivity contribution in [3.63, 3.8) is 0 Å². The van der Waals surface area contributed by atoms with E-state index in [0.717, 1.165) is 24.8 Å². The summed E-state index contributed by atoms with van der Waals surface area (Å²) < 4.78 is 17.0. The summed E-state index contributed by atoms with van der Waals surface area (Å²) >= 11 is 0. The number of fused-ring (bicyclic) bond motifs is 5. The number of aliphatic hydroxyl groups excluding tert-OH is 4. The van der Waals surface area contributed by atoms with Crippen LogP contribution in [0.25, 0.3) is 0 Å². The molecular formula is C29H44O9. The second-order valence-electron chi connectivity index (χ2n) is 13.7. The molecule has 1 saturated heterocycles. The molecule has 6 rings (SSSR count). The third kappa shape index (κ3) is 3.87. The molecule has 4 saturated carbocycles. The Bertz CT molecular complexity index is 985. The molecule has 0 aromatic heterocycles. The van der Waals surface area contributed by atoms with Crippen LogP contribution in [0.15, 0.2) is 11.6 Å². The molecule has 0 unspecified atom stereocenters. The molecule has 5 fully saturated rings. The molecule has 0 aromatic rings. The lowest BCUT2D eigenvalue weighted by Crippen LogP contribution is -2.66. The maximum Gasteiger partial charge on any atom is 0.331 e. The molecule has 2 aliphatic heterocycles. The number of aliphatic hydroxyl groups is 5. The first-order chi connectivity index (χ1) is 17.9. The molecule has 0 radical (unpaired) electrons. The Morgan fingerprint density at radius 1 is 0.974 bits per heavy atom. The number of rotatable bonds is 3. The summed E-state index contributed by atoms with van der Waals surface area (Å²) in [7, 11) is 0. The number of esters is 1. The predicted octanol–water partition coefficient (Wildman–Crippen LogP) is 1.43. The fourth-order valence-electron chi connectivity index (χ4n) is 9.96. The van der Waals surface area contributed by atoms with Gasteiger partial charge in [-0.15, -0.1) is 0 Å². The van der Waals surface area contributed by atoms with E-state index in [9.17, 15) is 30.3 Å². The Labute approximate surface area is 224 Å². The first kappa shape index (κ1) is 27.1. The van der Waals surface area contributed by atoms with Crippen LogP contribution >= 0.6 is 0 Å². The van der Waals surface area contributed by atoms with Crippen molar-refractivity contribution in [1.82, 2.24) is 0 Å². The van der Waals surface area contributed by atoms with E-state index in [1.54, 1.807) is 13.0 Å². The van der Waals surface area contributed by atoms with Crippen molar-refractivity contribution in [3.8, 4) is 0 Å². The largest absolute Gasteiger partial charge is 0.458 e. The van der Waals surface area contributed by atoms with Crippen molar-refractivity contribution in [3.05, 3.63) is 11.6 Å². The van der Waals surface area contributed by atoms with Gasteiger partial charge in [0, 0.05) is 17.9 Å². The maximum absolute atomic E-state index is 12.1. The topological polar surface area (TPSA) is 146 Å². The summed E-state index contributed by atoms with van der Waals surface area (Å²) in [5, 5.41) is 54.5. The van der Waals surface area contributed by atoms with Crippen LogP contribution < -0.4 is 0 Å². The Balaban J connectivity index is 1.19. The second-order valence-corrected chi connectivity index (χ2v) is 13.7. The van der Waals surface area contributed by atoms with Gasteiger partial charge in [-0.2, -0.15) is 0 Å². The highest BCUT2D eigenvalue weighted by atomic mass is 16.7. The van der Waals surface area contributed by atoms with Crippen molar-refractivity contribution in [1.29, 1.82) is 0 Å². The summed E-state index contributed by atoms with van der Waals surface area (Å²) in [6.07, 6.45) is 0.915. The summed E-state index contributed by atoms with van der Waals surface area (Å²) in [4.78, 5) is 11.8. The molecule has 14 atom stereocenters. The van der Waals surface area contributed by atoms with Crippen molar-refractivity contribution < 1.29 is 44.5 Å². The normalized spacial score (nSPS) is 56.5. The van der Waals surface area contributed by atoms with Gasteiger partial charge in [-0.3, -0.25) is 0 Å². The number of carbonyl (C=O) groups excluding carboxylic acids is 1. The third-order valence-corrected chi connectivity index (χ3v) is 12.0. The average molecular weight is 537 g/mol. The van der Waals surface area contributed by atoms with Crippen molar-refractivity contribution >= 4 is 5.97 Å². The fraction of sp³-hybridized carbons (Fsp3) is 0.897. The molecule has 0 aromatic carbocycles. The summed E-state index contributed by atoms with van der Waals surface area (Å²) in [6, 6.07) is 0. The molecule has 5 N–H and O–H groups in total. The van der Waals surface area contributed by atoms with E-state index in [1.807, 2.05) is 0 Å². The second kappa shape index (κ2) is 9.23.